The lowest BCUT2D eigenvalue weighted by Gasteiger charge is -2.42. The van der Waals surface area contributed by atoms with Crippen molar-refractivity contribution in [2.24, 2.45) is 17.1 Å². The van der Waals surface area contributed by atoms with Gasteiger partial charge in [-0.15, -0.1) is 0 Å². The standard InChI is InChI=1S/C12H20N2O3/c1-8-3-6-14(9(8)10(15)16)11(17)12(7-13)4-2-5-12/h8-9H,2-7,13H2,1H3,(H,15,16). The second kappa shape index (κ2) is 4.29. The summed E-state index contributed by atoms with van der Waals surface area (Å²) in [6, 6.07) is -0.661. The molecule has 0 bridgehead atoms. The van der Waals surface area contributed by atoms with Crippen LogP contribution in [0.25, 0.3) is 0 Å². The van der Waals surface area contributed by atoms with Crippen molar-refractivity contribution in [2.75, 3.05) is 13.1 Å². The number of likely N-dealkylation sites (tertiary alicyclic amines) is 1. The summed E-state index contributed by atoms with van der Waals surface area (Å²) in [5.74, 6) is -0.899. The van der Waals surface area contributed by atoms with Gasteiger partial charge in [-0.05, 0) is 25.2 Å². The number of carboxylic acids is 1. The van der Waals surface area contributed by atoms with Crippen LogP contribution < -0.4 is 5.73 Å². The fourth-order valence-electron chi connectivity index (χ4n) is 2.96. The molecule has 96 valence electrons. The van der Waals surface area contributed by atoms with E-state index in [0.29, 0.717) is 13.1 Å². The number of amides is 1. The van der Waals surface area contributed by atoms with Crippen LogP contribution in [-0.2, 0) is 9.59 Å². The molecular formula is C12H20N2O3. The van der Waals surface area contributed by atoms with E-state index in [1.807, 2.05) is 6.92 Å². The third-order valence-corrected chi connectivity index (χ3v) is 4.37. The van der Waals surface area contributed by atoms with Crippen molar-refractivity contribution in [3.8, 4) is 0 Å². The van der Waals surface area contributed by atoms with Gasteiger partial charge < -0.3 is 15.7 Å². The number of rotatable bonds is 3. The van der Waals surface area contributed by atoms with Gasteiger partial charge in [-0.3, -0.25) is 4.79 Å². The van der Waals surface area contributed by atoms with Crippen molar-refractivity contribution in [1.82, 2.24) is 4.90 Å². The maximum atomic E-state index is 12.4. The Morgan fingerprint density at radius 1 is 1.47 bits per heavy atom. The minimum atomic E-state index is -0.894. The molecular weight excluding hydrogens is 220 g/mol. The average Bonchev–Trinajstić information content (AvgIpc) is 2.59. The second-order valence-electron chi connectivity index (χ2n) is 5.39. The zero-order valence-corrected chi connectivity index (χ0v) is 10.2. The molecule has 3 N–H and O–H groups in total. The van der Waals surface area contributed by atoms with Crippen molar-refractivity contribution in [3.05, 3.63) is 0 Å². The van der Waals surface area contributed by atoms with Crippen LogP contribution in [0.5, 0.6) is 0 Å². The third-order valence-electron chi connectivity index (χ3n) is 4.37. The maximum Gasteiger partial charge on any atom is 0.326 e. The van der Waals surface area contributed by atoms with Gasteiger partial charge >= 0.3 is 5.97 Å². The molecule has 0 aromatic heterocycles. The number of hydrogen-bond donors (Lipinski definition) is 2. The van der Waals surface area contributed by atoms with Crippen LogP contribution in [0.1, 0.15) is 32.6 Å². The molecule has 17 heavy (non-hydrogen) atoms. The molecule has 1 aliphatic carbocycles. The first kappa shape index (κ1) is 12.4. The zero-order valence-electron chi connectivity index (χ0n) is 10.2. The number of nitrogens with zero attached hydrogens (tertiary/aromatic N) is 1. The Balaban J connectivity index is 2.16. The van der Waals surface area contributed by atoms with E-state index in [-0.39, 0.29) is 11.8 Å². The Morgan fingerprint density at radius 3 is 2.53 bits per heavy atom. The van der Waals surface area contributed by atoms with Gasteiger partial charge in [-0.1, -0.05) is 13.3 Å². The summed E-state index contributed by atoms with van der Waals surface area (Å²) in [4.78, 5) is 25.2. The lowest BCUT2D eigenvalue weighted by molar-refractivity contribution is -0.156. The zero-order chi connectivity index (χ0) is 12.6. The molecule has 0 spiro atoms. The minimum absolute atomic E-state index is 0.0337. The van der Waals surface area contributed by atoms with Crippen LogP contribution in [0.15, 0.2) is 0 Å². The van der Waals surface area contributed by atoms with Crippen molar-refractivity contribution in [2.45, 2.75) is 38.6 Å². The van der Waals surface area contributed by atoms with Crippen molar-refractivity contribution in [1.29, 1.82) is 0 Å². The average molecular weight is 240 g/mol. The van der Waals surface area contributed by atoms with Gasteiger partial charge in [0.25, 0.3) is 0 Å². The number of hydrogen-bond acceptors (Lipinski definition) is 3. The van der Waals surface area contributed by atoms with E-state index >= 15 is 0 Å². The molecule has 2 aliphatic rings. The largest absolute Gasteiger partial charge is 0.480 e. The molecule has 0 aromatic rings. The topological polar surface area (TPSA) is 83.6 Å². The maximum absolute atomic E-state index is 12.4. The fraction of sp³-hybridized carbons (Fsp3) is 0.833. The van der Waals surface area contributed by atoms with Crippen LogP contribution in [0.4, 0.5) is 0 Å². The highest BCUT2D eigenvalue weighted by Crippen LogP contribution is 2.43. The van der Waals surface area contributed by atoms with Gasteiger partial charge in [0.15, 0.2) is 0 Å². The van der Waals surface area contributed by atoms with E-state index in [0.717, 1.165) is 25.7 Å². The summed E-state index contributed by atoms with van der Waals surface area (Å²) >= 11 is 0. The van der Waals surface area contributed by atoms with Gasteiger partial charge in [0.1, 0.15) is 6.04 Å². The van der Waals surface area contributed by atoms with E-state index in [1.54, 1.807) is 4.90 Å². The molecule has 5 nitrogen and oxygen atoms in total. The molecule has 0 aromatic carbocycles. The molecule has 2 fully saturated rings. The number of carboxylic acid groups (broad SMARTS) is 1. The highest BCUT2D eigenvalue weighted by atomic mass is 16.4. The summed E-state index contributed by atoms with van der Waals surface area (Å²) < 4.78 is 0. The van der Waals surface area contributed by atoms with Gasteiger partial charge in [0, 0.05) is 13.1 Å². The molecule has 2 unspecified atom stereocenters. The van der Waals surface area contributed by atoms with Gasteiger partial charge in [0.2, 0.25) is 5.91 Å². The smallest absolute Gasteiger partial charge is 0.326 e. The molecule has 1 heterocycles. The van der Waals surface area contributed by atoms with E-state index in [1.165, 1.54) is 0 Å². The number of nitrogens with two attached hydrogens (primary N) is 1. The Morgan fingerprint density at radius 2 is 2.12 bits per heavy atom. The molecule has 1 amide bonds. The first-order valence-electron chi connectivity index (χ1n) is 6.26. The summed E-state index contributed by atoms with van der Waals surface area (Å²) in [5, 5.41) is 9.21. The predicted molar refractivity (Wildman–Crippen MR) is 62.3 cm³/mol. The molecule has 2 atom stereocenters. The van der Waals surface area contributed by atoms with E-state index < -0.39 is 17.4 Å². The SMILES string of the molecule is CC1CCN(C(=O)C2(CN)CCC2)C1C(=O)O. The van der Waals surface area contributed by atoms with Crippen LogP contribution in [0, 0.1) is 11.3 Å². The highest BCUT2D eigenvalue weighted by molar-refractivity contribution is 5.89. The Bertz CT molecular complexity index is 333. The monoisotopic (exact) mass is 240 g/mol. The number of aliphatic carboxylic acids is 1. The van der Waals surface area contributed by atoms with E-state index in [9.17, 15) is 14.7 Å². The van der Waals surface area contributed by atoms with Gasteiger partial charge in [-0.25, -0.2) is 4.79 Å². The quantitative estimate of drug-likeness (QED) is 0.749. The van der Waals surface area contributed by atoms with Crippen molar-refractivity contribution in [3.63, 3.8) is 0 Å². The number of carbonyl (C=O) groups excluding carboxylic acids is 1. The normalized spacial score (nSPS) is 31.1. The first-order valence-corrected chi connectivity index (χ1v) is 6.26. The van der Waals surface area contributed by atoms with Crippen LogP contribution >= 0.6 is 0 Å². The van der Waals surface area contributed by atoms with Gasteiger partial charge in [0.05, 0.1) is 5.41 Å². The minimum Gasteiger partial charge on any atom is -0.480 e. The molecule has 1 saturated heterocycles. The van der Waals surface area contributed by atoms with Crippen LogP contribution in [0.2, 0.25) is 0 Å². The number of carbonyl (C=O) groups is 2. The second-order valence-corrected chi connectivity index (χ2v) is 5.39. The van der Waals surface area contributed by atoms with E-state index in [2.05, 4.69) is 0 Å². The lowest BCUT2D eigenvalue weighted by atomic mass is 9.67. The predicted octanol–water partition coefficient (Wildman–Crippen LogP) is 0.437. The molecule has 1 aliphatic heterocycles. The fourth-order valence-corrected chi connectivity index (χ4v) is 2.96. The summed E-state index contributed by atoms with van der Waals surface area (Å²) in [7, 11) is 0. The molecule has 1 saturated carbocycles. The first-order chi connectivity index (χ1) is 8.02. The molecule has 5 heteroatoms. The van der Waals surface area contributed by atoms with Crippen molar-refractivity contribution >= 4 is 11.9 Å². The summed E-state index contributed by atoms with van der Waals surface area (Å²) in [5.41, 5.74) is 5.24. The molecule has 2 rings (SSSR count). The summed E-state index contributed by atoms with van der Waals surface area (Å²) in [6.45, 7) is 2.78. The van der Waals surface area contributed by atoms with Crippen LogP contribution in [0.3, 0.4) is 0 Å². The van der Waals surface area contributed by atoms with Gasteiger partial charge in [-0.2, -0.15) is 0 Å². The summed E-state index contributed by atoms with van der Waals surface area (Å²) in [6.07, 6.45) is 3.40. The van der Waals surface area contributed by atoms with Crippen LogP contribution in [-0.4, -0.2) is 41.0 Å². The Hall–Kier alpha value is -1.10. The molecule has 0 radical (unpaired) electrons. The van der Waals surface area contributed by atoms with Crippen molar-refractivity contribution < 1.29 is 14.7 Å². The lowest BCUT2D eigenvalue weighted by Crippen LogP contribution is -2.55. The highest BCUT2D eigenvalue weighted by Gasteiger charge is 2.50. The Kier molecular flexibility index (Phi) is 3.12. The van der Waals surface area contributed by atoms with E-state index in [4.69, 9.17) is 5.73 Å². The third kappa shape index (κ3) is 1.82. The Labute approximate surface area is 101 Å².